The molecule has 4 rings (SSSR count). The Morgan fingerprint density at radius 3 is 2.61 bits per heavy atom. The van der Waals surface area contributed by atoms with Crippen LogP contribution < -0.4 is 5.32 Å². The van der Waals surface area contributed by atoms with E-state index in [0.29, 0.717) is 26.7 Å². The van der Waals surface area contributed by atoms with Crippen molar-refractivity contribution in [1.82, 2.24) is 25.0 Å². The quantitative estimate of drug-likeness (QED) is 0.341. The number of hydrogen-bond acceptors (Lipinski definition) is 9. The van der Waals surface area contributed by atoms with Gasteiger partial charge in [-0.1, -0.05) is 49.1 Å². The Kier molecular flexibility index (Phi) is 6.77. The maximum absolute atomic E-state index is 15.0. The zero-order chi connectivity index (χ0) is 23.6. The molecular weight excluding hydrogens is 483 g/mol. The standard InChI is InChI=1S/C21H21FN6O2S3/c1-13(2)14-4-6-16(7-5-14)25-20-26-27-21(32-20)31-12-15-8-9-23-19(18(15)22)28-11-17(10-24-28)33(3,29)30/h4-11,13H,12H2,1-3H3,(H,25,26). The van der Waals surface area contributed by atoms with Crippen LogP contribution in [-0.4, -0.2) is 39.6 Å². The predicted octanol–water partition coefficient (Wildman–Crippen LogP) is 4.82. The molecule has 3 aromatic heterocycles. The van der Waals surface area contributed by atoms with Gasteiger partial charge < -0.3 is 5.32 Å². The number of nitrogens with zero attached hydrogens (tertiary/aromatic N) is 5. The van der Waals surface area contributed by atoms with E-state index in [4.69, 9.17) is 0 Å². The number of anilines is 2. The van der Waals surface area contributed by atoms with Crippen LogP contribution in [0, 0.1) is 5.82 Å². The molecule has 0 radical (unpaired) electrons. The molecule has 0 fully saturated rings. The van der Waals surface area contributed by atoms with Gasteiger partial charge in [0, 0.05) is 29.5 Å². The van der Waals surface area contributed by atoms with Crippen LogP contribution in [0.25, 0.3) is 5.82 Å². The van der Waals surface area contributed by atoms with E-state index < -0.39 is 15.7 Å². The minimum absolute atomic E-state index is 0.00351. The third-order valence-electron chi connectivity index (χ3n) is 4.74. The Morgan fingerprint density at radius 2 is 1.94 bits per heavy atom. The monoisotopic (exact) mass is 504 g/mol. The molecule has 0 bridgehead atoms. The number of hydrogen-bond donors (Lipinski definition) is 1. The maximum atomic E-state index is 15.0. The summed E-state index contributed by atoms with van der Waals surface area (Å²) in [6.45, 7) is 4.29. The fraction of sp³-hybridized carbons (Fsp3) is 0.238. The highest BCUT2D eigenvalue weighted by Gasteiger charge is 2.17. The van der Waals surface area contributed by atoms with Gasteiger partial charge in [-0.2, -0.15) is 5.10 Å². The topological polar surface area (TPSA) is 103 Å². The van der Waals surface area contributed by atoms with Crippen LogP contribution in [0.1, 0.15) is 30.9 Å². The number of sulfone groups is 1. The molecule has 1 aromatic carbocycles. The molecule has 172 valence electrons. The van der Waals surface area contributed by atoms with Gasteiger partial charge in [0.05, 0.1) is 12.4 Å². The summed E-state index contributed by atoms with van der Waals surface area (Å²) >= 11 is 2.73. The number of nitrogens with one attached hydrogen (secondary N) is 1. The molecule has 0 saturated carbocycles. The van der Waals surface area contributed by atoms with Crippen molar-refractivity contribution in [3.63, 3.8) is 0 Å². The largest absolute Gasteiger partial charge is 0.330 e. The lowest BCUT2D eigenvalue weighted by atomic mass is 10.0. The van der Waals surface area contributed by atoms with Crippen LogP contribution in [0.5, 0.6) is 0 Å². The van der Waals surface area contributed by atoms with Gasteiger partial charge in [0.25, 0.3) is 0 Å². The average Bonchev–Trinajstić information content (AvgIpc) is 3.43. The van der Waals surface area contributed by atoms with Crippen molar-refractivity contribution in [3.05, 3.63) is 65.9 Å². The van der Waals surface area contributed by atoms with Gasteiger partial charge in [0.2, 0.25) is 5.13 Å². The van der Waals surface area contributed by atoms with E-state index >= 15 is 4.39 Å². The first-order valence-corrected chi connectivity index (χ1v) is 13.6. The van der Waals surface area contributed by atoms with Crippen LogP contribution in [-0.2, 0) is 15.6 Å². The third-order valence-corrected chi connectivity index (χ3v) is 7.83. The number of rotatable bonds is 8. The van der Waals surface area contributed by atoms with Crippen LogP contribution in [0.3, 0.4) is 0 Å². The van der Waals surface area contributed by atoms with Crippen LogP contribution >= 0.6 is 23.1 Å². The molecule has 8 nitrogen and oxygen atoms in total. The molecular formula is C21H21FN6O2S3. The molecule has 3 heterocycles. The molecule has 0 aliphatic heterocycles. The van der Waals surface area contributed by atoms with Crippen molar-refractivity contribution in [1.29, 1.82) is 0 Å². The van der Waals surface area contributed by atoms with Crippen molar-refractivity contribution < 1.29 is 12.8 Å². The van der Waals surface area contributed by atoms with Crippen LogP contribution in [0.15, 0.2) is 58.2 Å². The number of halogens is 1. The highest BCUT2D eigenvalue weighted by atomic mass is 32.2. The van der Waals surface area contributed by atoms with E-state index in [2.05, 4.69) is 51.6 Å². The molecule has 4 aromatic rings. The van der Waals surface area contributed by atoms with E-state index in [0.717, 1.165) is 16.6 Å². The SMILES string of the molecule is CC(C)c1ccc(Nc2nnc(SCc3ccnc(-n4cc(S(C)(=O)=O)cn4)c3F)s2)cc1. The van der Waals surface area contributed by atoms with Crippen molar-refractivity contribution in [2.45, 2.75) is 34.8 Å². The Labute approximate surface area is 199 Å². The normalized spacial score (nSPS) is 11.8. The van der Waals surface area contributed by atoms with Gasteiger partial charge in [-0.25, -0.2) is 22.5 Å². The highest BCUT2D eigenvalue weighted by Crippen LogP contribution is 2.31. The second-order valence-electron chi connectivity index (χ2n) is 7.56. The first kappa shape index (κ1) is 23.3. The Morgan fingerprint density at radius 1 is 1.18 bits per heavy atom. The van der Waals surface area contributed by atoms with Gasteiger partial charge in [-0.15, -0.1) is 10.2 Å². The van der Waals surface area contributed by atoms with Gasteiger partial charge in [-0.3, -0.25) is 0 Å². The minimum atomic E-state index is -3.44. The molecule has 0 aliphatic carbocycles. The molecule has 33 heavy (non-hydrogen) atoms. The summed E-state index contributed by atoms with van der Waals surface area (Å²) in [5.74, 6) is 0.139. The van der Waals surface area contributed by atoms with E-state index in [1.165, 1.54) is 47.3 Å². The number of thioether (sulfide) groups is 1. The van der Waals surface area contributed by atoms with Gasteiger partial charge in [0.1, 0.15) is 4.90 Å². The van der Waals surface area contributed by atoms with Crippen molar-refractivity contribution in [2.24, 2.45) is 0 Å². The average molecular weight is 505 g/mol. The molecule has 0 unspecified atom stereocenters. The first-order valence-electron chi connectivity index (χ1n) is 9.92. The van der Waals surface area contributed by atoms with Crippen LogP contribution in [0.4, 0.5) is 15.2 Å². The summed E-state index contributed by atoms with van der Waals surface area (Å²) in [6.07, 6.45) is 4.94. The van der Waals surface area contributed by atoms with Gasteiger partial charge in [0.15, 0.2) is 25.8 Å². The molecule has 0 saturated heterocycles. The Hall–Kier alpha value is -2.83. The first-order chi connectivity index (χ1) is 15.7. The van der Waals surface area contributed by atoms with Crippen molar-refractivity contribution >= 4 is 43.8 Å². The Bertz CT molecular complexity index is 1370. The fourth-order valence-corrected chi connectivity index (χ4v) is 5.17. The fourth-order valence-electron chi connectivity index (χ4n) is 2.89. The summed E-state index contributed by atoms with van der Waals surface area (Å²) in [4.78, 5) is 4.01. The lowest BCUT2D eigenvalue weighted by molar-refractivity contribution is 0.590. The van der Waals surface area contributed by atoms with E-state index in [-0.39, 0.29) is 10.7 Å². The molecule has 0 atom stereocenters. The van der Waals surface area contributed by atoms with Crippen molar-refractivity contribution in [3.8, 4) is 5.82 Å². The predicted molar refractivity (Wildman–Crippen MR) is 128 cm³/mol. The van der Waals surface area contributed by atoms with Crippen LogP contribution in [0.2, 0.25) is 0 Å². The van der Waals surface area contributed by atoms with Gasteiger partial charge >= 0.3 is 0 Å². The summed E-state index contributed by atoms with van der Waals surface area (Å²) in [5, 5.41) is 16.1. The van der Waals surface area contributed by atoms with Crippen molar-refractivity contribution in [2.75, 3.05) is 11.6 Å². The summed E-state index contributed by atoms with van der Waals surface area (Å²) in [5.41, 5.74) is 2.58. The summed E-state index contributed by atoms with van der Waals surface area (Å²) in [6, 6.07) is 9.73. The molecule has 0 amide bonds. The lowest BCUT2D eigenvalue weighted by Crippen LogP contribution is -2.04. The number of benzene rings is 1. The van der Waals surface area contributed by atoms with E-state index in [1.54, 1.807) is 6.07 Å². The smallest absolute Gasteiger partial charge is 0.210 e. The molecule has 12 heteroatoms. The second-order valence-corrected chi connectivity index (χ2v) is 11.8. The summed E-state index contributed by atoms with van der Waals surface area (Å²) in [7, 11) is -3.44. The lowest BCUT2D eigenvalue weighted by Gasteiger charge is -2.07. The zero-order valence-corrected chi connectivity index (χ0v) is 20.5. The highest BCUT2D eigenvalue weighted by molar-refractivity contribution is 8.00. The number of pyridine rings is 1. The third kappa shape index (κ3) is 5.57. The Balaban J connectivity index is 1.43. The zero-order valence-electron chi connectivity index (χ0n) is 18.1. The number of aromatic nitrogens is 5. The minimum Gasteiger partial charge on any atom is -0.330 e. The van der Waals surface area contributed by atoms with E-state index in [9.17, 15) is 8.42 Å². The maximum Gasteiger partial charge on any atom is 0.210 e. The summed E-state index contributed by atoms with van der Waals surface area (Å²) < 4.78 is 40.1. The molecule has 1 N–H and O–H groups in total. The molecule has 0 spiro atoms. The van der Waals surface area contributed by atoms with Gasteiger partial charge in [-0.05, 0) is 29.7 Å². The van der Waals surface area contributed by atoms with E-state index in [1.807, 2.05) is 12.1 Å². The second kappa shape index (κ2) is 9.57. The molecule has 0 aliphatic rings.